The van der Waals surface area contributed by atoms with Crippen LogP contribution in [-0.2, 0) is 4.74 Å². The van der Waals surface area contributed by atoms with Crippen molar-refractivity contribution in [1.82, 2.24) is 10.3 Å². The number of anilines is 1. The zero-order valence-corrected chi connectivity index (χ0v) is 16.0. The Labute approximate surface area is 166 Å². The molecule has 1 fully saturated rings. The molecule has 0 bridgehead atoms. The van der Waals surface area contributed by atoms with Gasteiger partial charge in [0.1, 0.15) is 11.6 Å². The molecule has 3 aromatic rings. The molecule has 4 rings (SSSR count). The molecule has 0 spiro atoms. The Balaban J connectivity index is 1.52. The zero-order chi connectivity index (χ0) is 19.3. The van der Waals surface area contributed by atoms with Crippen LogP contribution in [0.1, 0.15) is 26.8 Å². The van der Waals surface area contributed by atoms with E-state index in [4.69, 9.17) is 4.74 Å². The molecule has 1 amide bonds. The van der Waals surface area contributed by atoms with Crippen molar-refractivity contribution in [2.45, 2.75) is 6.04 Å². The van der Waals surface area contributed by atoms with Crippen LogP contribution in [-0.4, -0.2) is 37.2 Å². The topological polar surface area (TPSA) is 54.5 Å². The molecule has 28 heavy (non-hydrogen) atoms. The number of halogens is 1. The SMILES string of the molecule is O=C(N[C@@H](c1ccc(F)cc1)c1cccs1)c1ccc(N2CCOCC2)nc1. The third-order valence-corrected chi connectivity index (χ3v) is 5.59. The first kappa shape index (κ1) is 18.6. The largest absolute Gasteiger partial charge is 0.378 e. The number of hydrogen-bond donors (Lipinski definition) is 1. The van der Waals surface area contributed by atoms with E-state index in [9.17, 15) is 9.18 Å². The van der Waals surface area contributed by atoms with Gasteiger partial charge in [-0.05, 0) is 41.3 Å². The normalized spacial score (nSPS) is 15.2. The predicted molar refractivity (Wildman–Crippen MR) is 107 cm³/mol. The molecule has 0 unspecified atom stereocenters. The molecule has 144 valence electrons. The summed E-state index contributed by atoms with van der Waals surface area (Å²) in [6.07, 6.45) is 1.59. The van der Waals surface area contributed by atoms with Gasteiger partial charge < -0.3 is 15.0 Å². The Morgan fingerprint density at radius 1 is 1.14 bits per heavy atom. The first-order valence-corrected chi connectivity index (χ1v) is 9.97. The second-order valence-electron chi connectivity index (χ2n) is 6.48. The molecule has 1 N–H and O–H groups in total. The van der Waals surface area contributed by atoms with Crippen LogP contribution in [0.2, 0.25) is 0 Å². The van der Waals surface area contributed by atoms with Crippen molar-refractivity contribution < 1.29 is 13.9 Å². The Hall–Kier alpha value is -2.77. The van der Waals surface area contributed by atoms with Gasteiger partial charge in [-0.15, -0.1) is 11.3 Å². The molecular formula is C21H20FN3O2S. The number of aromatic nitrogens is 1. The van der Waals surface area contributed by atoms with Gasteiger partial charge in [0, 0.05) is 24.2 Å². The minimum absolute atomic E-state index is 0.219. The van der Waals surface area contributed by atoms with Crippen LogP contribution in [0, 0.1) is 5.82 Å². The summed E-state index contributed by atoms with van der Waals surface area (Å²) in [5.74, 6) is 0.319. The average Bonchev–Trinajstić information content (AvgIpc) is 3.28. The highest BCUT2D eigenvalue weighted by molar-refractivity contribution is 7.10. The molecule has 0 saturated carbocycles. The molecule has 7 heteroatoms. The van der Waals surface area contributed by atoms with Crippen molar-refractivity contribution >= 4 is 23.1 Å². The standard InChI is InChI=1S/C21H20FN3O2S/c22-17-6-3-15(4-7-17)20(18-2-1-13-28-18)24-21(26)16-5-8-19(23-14-16)25-9-11-27-12-10-25/h1-8,13-14,20H,9-12H2,(H,24,26)/t20-/m0/s1. The molecule has 0 radical (unpaired) electrons. The Morgan fingerprint density at radius 2 is 1.93 bits per heavy atom. The first-order chi connectivity index (χ1) is 13.7. The lowest BCUT2D eigenvalue weighted by Gasteiger charge is -2.27. The lowest BCUT2D eigenvalue weighted by molar-refractivity contribution is 0.0943. The van der Waals surface area contributed by atoms with Gasteiger partial charge in [0.2, 0.25) is 0 Å². The fourth-order valence-corrected chi connectivity index (χ4v) is 3.95. The maximum Gasteiger partial charge on any atom is 0.253 e. The van der Waals surface area contributed by atoms with E-state index in [1.807, 2.05) is 23.6 Å². The molecule has 1 aromatic carbocycles. The number of morpholine rings is 1. The van der Waals surface area contributed by atoms with E-state index >= 15 is 0 Å². The Morgan fingerprint density at radius 3 is 2.57 bits per heavy atom. The predicted octanol–water partition coefficient (Wildman–Crippen LogP) is 3.64. The van der Waals surface area contributed by atoms with Gasteiger partial charge in [-0.1, -0.05) is 18.2 Å². The van der Waals surface area contributed by atoms with Crippen LogP contribution < -0.4 is 10.2 Å². The van der Waals surface area contributed by atoms with Crippen molar-refractivity contribution in [3.05, 3.63) is 81.9 Å². The molecule has 2 aromatic heterocycles. The maximum absolute atomic E-state index is 13.3. The van der Waals surface area contributed by atoms with Crippen LogP contribution in [0.15, 0.2) is 60.1 Å². The lowest BCUT2D eigenvalue weighted by atomic mass is 10.0. The van der Waals surface area contributed by atoms with E-state index in [2.05, 4.69) is 15.2 Å². The van der Waals surface area contributed by atoms with Gasteiger partial charge in [0.15, 0.2) is 0 Å². The fraction of sp³-hybridized carbons (Fsp3) is 0.238. The minimum Gasteiger partial charge on any atom is -0.378 e. The van der Waals surface area contributed by atoms with Crippen LogP contribution >= 0.6 is 11.3 Å². The maximum atomic E-state index is 13.3. The molecular weight excluding hydrogens is 377 g/mol. The number of pyridine rings is 1. The second-order valence-corrected chi connectivity index (χ2v) is 7.46. The van der Waals surface area contributed by atoms with E-state index in [1.54, 1.807) is 35.7 Å². The molecule has 1 aliphatic rings. The molecule has 0 aliphatic carbocycles. The number of thiophene rings is 1. The van der Waals surface area contributed by atoms with Crippen LogP contribution in [0.3, 0.4) is 0 Å². The van der Waals surface area contributed by atoms with E-state index < -0.39 is 0 Å². The second kappa shape index (κ2) is 8.50. The summed E-state index contributed by atoms with van der Waals surface area (Å²) in [5, 5.41) is 5.00. The summed E-state index contributed by atoms with van der Waals surface area (Å²) < 4.78 is 18.7. The third-order valence-electron chi connectivity index (χ3n) is 4.65. The molecule has 1 atom stereocenters. The number of nitrogens with zero attached hydrogens (tertiary/aromatic N) is 2. The van der Waals surface area contributed by atoms with Crippen LogP contribution in [0.5, 0.6) is 0 Å². The number of carbonyl (C=O) groups is 1. The van der Waals surface area contributed by atoms with E-state index in [-0.39, 0.29) is 17.8 Å². The van der Waals surface area contributed by atoms with Gasteiger partial charge in [-0.25, -0.2) is 9.37 Å². The average molecular weight is 397 g/mol. The monoisotopic (exact) mass is 397 g/mol. The quantitative estimate of drug-likeness (QED) is 0.714. The highest BCUT2D eigenvalue weighted by atomic mass is 32.1. The van der Waals surface area contributed by atoms with Crippen molar-refractivity contribution in [2.24, 2.45) is 0 Å². The number of rotatable bonds is 5. The van der Waals surface area contributed by atoms with Crippen LogP contribution in [0.4, 0.5) is 10.2 Å². The van der Waals surface area contributed by atoms with Gasteiger partial charge in [0.05, 0.1) is 24.8 Å². The van der Waals surface area contributed by atoms with Crippen molar-refractivity contribution in [3.8, 4) is 0 Å². The zero-order valence-electron chi connectivity index (χ0n) is 15.2. The number of amides is 1. The summed E-state index contributed by atoms with van der Waals surface area (Å²) in [6.45, 7) is 2.96. The molecule has 1 aliphatic heterocycles. The third kappa shape index (κ3) is 4.21. The Kier molecular flexibility index (Phi) is 5.64. The number of hydrogen-bond acceptors (Lipinski definition) is 5. The number of nitrogens with one attached hydrogen (secondary N) is 1. The van der Waals surface area contributed by atoms with Crippen molar-refractivity contribution in [1.29, 1.82) is 0 Å². The molecule has 1 saturated heterocycles. The summed E-state index contributed by atoms with van der Waals surface area (Å²) >= 11 is 1.55. The van der Waals surface area contributed by atoms with Gasteiger partial charge >= 0.3 is 0 Å². The van der Waals surface area contributed by atoms with Crippen molar-refractivity contribution in [2.75, 3.05) is 31.2 Å². The fourth-order valence-electron chi connectivity index (χ4n) is 3.14. The summed E-state index contributed by atoms with van der Waals surface area (Å²) in [7, 11) is 0. The van der Waals surface area contributed by atoms with Crippen LogP contribution in [0.25, 0.3) is 0 Å². The first-order valence-electron chi connectivity index (χ1n) is 9.09. The highest BCUT2D eigenvalue weighted by Crippen LogP contribution is 2.27. The van der Waals surface area contributed by atoms with Gasteiger partial charge in [-0.3, -0.25) is 4.79 Å². The number of benzene rings is 1. The lowest BCUT2D eigenvalue weighted by Crippen LogP contribution is -2.36. The van der Waals surface area contributed by atoms with Crippen molar-refractivity contribution in [3.63, 3.8) is 0 Å². The minimum atomic E-state index is -0.341. The van der Waals surface area contributed by atoms with Gasteiger partial charge in [-0.2, -0.15) is 0 Å². The van der Waals surface area contributed by atoms with E-state index in [0.717, 1.165) is 29.3 Å². The number of carbonyl (C=O) groups excluding carboxylic acids is 1. The Bertz CT molecular complexity index is 908. The van der Waals surface area contributed by atoms with Gasteiger partial charge in [0.25, 0.3) is 5.91 Å². The summed E-state index contributed by atoms with van der Waals surface area (Å²) in [5.41, 5.74) is 1.32. The summed E-state index contributed by atoms with van der Waals surface area (Å²) in [6, 6.07) is 13.4. The van der Waals surface area contributed by atoms with E-state index in [1.165, 1.54) is 12.1 Å². The molecule has 5 nitrogen and oxygen atoms in total. The summed E-state index contributed by atoms with van der Waals surface area (Å²) in [4.78, 5) is 20.4. The smallest absolute Gasteiger partial charge is 0.253 e. The molecule has 3 heterocycles. The highest BCUT2D eigenvalue weighted by Gasteiger charge is 2.20. The number of ether oxygens (including phenoxy) is 1. The van der Waals surface area contributed by atoms with E-state index in [0.29, 0.717) is 18.8 Å².